The summed E-state index contributed by atoms with van der Waals surface area (Å²) in [5, 5.41) is 12.9. The van der Waals surface area contributed by atoms with Crippen molar-refractivity contribution in [3.05, 3.63) is 105 Å². The molecule has 1 aliphatic heterocycles. The molecule has 0 amide bonds. The summed E-state index contributed by atoms with van der Waals surface area (Å²) in [6, 6.07) is 25.5. The molecule has 1 saturated carbocycles. The van der Waals surface area contributed by atoms with E-state index in [1.807, 2.05) is 23.1 Å². The van der Waals surface area contributed by atoms with E-state index in [0.717, 1.165) is 40.2 Å². The first kappa shape index (κ1) is 27.7. The summed E-state index contributed by atoms with van der Waals surface area (Å²) >= 11 is 1.60. The second kappa shape index (κ2) is 12.2. The highest BCUT2D eigenvalue weighted by molar-refractivity contribution is 7.09. The number of rotatable bonds is 8. The molecule has 4 aromatic rings. The number of benzene rings is 3. The molecule has 1 aromatic heterocycles. The molecule has 2 aliphatic rings. The van der Waals surface area contributed by atoms with Crippen molar-refractivity contribution in [2.75, 3.05) is 11.9 Å². The fraction of sp³-hybridized carbons (Fsp3) is 0.371. The minimum absolute atomic E-state index is 0.528. The lowest BCUT2D eigenvalue weighted by atomic mass is 9.79. The molecule has 3 aromatic carbocycles. The number of carboxylic acid groups (broad SMARTS) is 1. The lowest BCUT2D eigenvalue weighted by Crippen LogP contribution is -2.44. The van der Waals surface area contributed by atoms with E-state index < -0.39 is 12.0 Å². The number of nitrogens with zero attached hydrogens (tertiary/aromatic N) is 3. The van der Waals surface area contributed by atoms with E-state index in [4.69, 9.17) is 4.98 Å². The van der Waals surface area contributed by atoms with Crippen molar-refractivity contribution in [2.45, 2.75) is 70.6 Å². The number of carbonyl (C=O) groups is 1. The molecular formula is C35H39N3O2S. The van der Waals surface area contributed by atoms with Crippen molar-refractivity contribution in [1.82, 2.24) is 9.88 Å². The highest BCUT2D eigenvalue weighted by Gasteiger charge is 2.31. The minimum atomic E-state index is -0.772. The Morgan fingerprint density at radius 2 is 1.68 bits per heavy atom. The largest absolute Gasteiger partial charge is 0.480 e. The SMILES string of the molecule is CN(Cc1ccc([C@H]2CC[C@H](C)CC2)cc1)c1ccc(-c2csc(CN3Cc4ccccc4CC3C(=O)O)n2)cc1. The van der Waals surface area contributed by atoms with Crippen LogP contribution in [0.15, 0.2) is 78.2 Å². The zero-order chi connectivity index (χ0) is 28.3. The Kier molecular flexibility index (Phi) is 8.22. The summed E-state index contributed by atoms with van der Waals surface area (Å²) in [5.41, 5.74) is 8.35. The van der Waals surface area contributed by atoms with Crippen molar-refractivity contribution in [2.24, 2.45) is 5.92 Å². The molecule has 5 nitrogen and oxygen atoms in total. The monoisotopic (exact) mass is 565 g/mol. The van der Waals surface area contributed by atoms with Gasteiger partial charge in [-0.2, -0.15) is 0 Å². The smallest absolute Gasteiger partial charge is 0.321 e. The first-order valence-electron chi connectivity index (χ1n) is 14.8. The standard InChI is InChI=1S/C35H39N3O2S/c1-24-7-11-26(12-8-24)27-13-9-25(10-14-27)20-37(2)31-17-15-28(16-18-31)32-23-41-34(36-32)22-38-21-30-6-4-3-5-29(30)19-33(38)35(39)40/h3-6,9-10,13-18,23-24,26,33H,7-8,11-12,19-22H2,1-2H3,(H,39,40)/t24-,26-,33?. The predicted octanol–water partition coefficient (Wildman–Crippen LogP) is 7.75. The first-order chi connectivity index (χ1) is 19.9. The van der Waals surface area contributed by atoms with Gasteiger partial charge >= 0.3 is 5.97 Å². The average Bonchev–Trinajstić information content (AvgIpc) is 3.46. The van der Waals surface area contributed by atoms with E-state index in [2.05, 4.69) is 78.8 Å². The van der Waals surface area contributed by atoms with Gasteiger partial charge in [0.25, 0.3) is 0 Å². The van der Waals surface area contributed by atoms with Crippen molar-refractivity contribution < 1.29 is 9.90 Å². The predicted molar refractivity (Wildman–Crippen MR) is 167 cm³/mol. The molecule has 1 atom stereocenters. The Morgan fingerprint density at radius 3 is 2.39 bits per heavy atom. The van der Waals surface area contributed by atoms with Gasteiger partial charge in [0.1, 0.15) is 11.0 Å². The van der Waals surface area contributed by atoms with Crippen LogP contribution in [0.4, 0.5) is 5.69 Å². The maximum absolute atomic E-state index is 12.0. The summed E-state index contributed by atoms with van der Waals surface area (Å²) < 4.78 is 0. The van der Waals surface area contributed by atoms with Crippen LogP contribution in [0.2, 0.25) is 0 Å². The molecule has 6 rings (SSSR count). The van der Waals surface area contributed by atoms with Gasteiger partial charge in [0.2, 0.25) is 0 Å². The zero-order valence-corrected chi connectivity index (χ0v) is 24.8. The Labute approximate surface area is 247 Å². The van der Waals surface area contributed by atoms with Gasteiger partial charge < -0.3 is 10.0 Å². The number of aliphatic carboxylic acids is 1. The van der Waals surface area contributed by atoms with E-state index >= 15 is 0 Å². The Hall–Kier alpha value is -3.48. The molecule has 1 N–H and O–H groups in total. The van der Waals surface area contributed by atoms with Crippen LogP contribution in [0, 0.1) is 5.92 Å². The summed E-state index contributed by atoms with van der Waals surface area (Å²) in [6.45, 7) is 4.41. The van der Waals surface area contributed by atoms with Crippen molar-refractivity contribution in [3.63, 3.8) is 0 Å². The number of hydrogen-bond acceptors (Lipinski definition) is 5. The average molecular weight is 566 g/mol. The van der Waals surface area contributed by atoms with E-state index in [9.17, 15) is 9.90 Å². The van der Waals surface area contributed by atoms with Gasteiger partial charge in [-0.15, -0.1) is 11.3 Å². The molecule has 0 spiro atoms. The van der Waals surface area contributed by atoms with Crippen LogP contribution in [0.5, 0.6) is 0 Å². The topological polar surface area (TPSA) is 56.7 Å². The van der Waals surface area contributed by atoms with Gasteiger partial charge in [0, 0.05) is 36.8 Å². The highest BCUT2D eigenvalue weighted by atomic mass is 32.1. The van der Waals surface area contributed by atoms with Crippen LogP contribution in [0.1, 0.15) is 65.8 Å². The molecule has 212 valence electrons. The summed E-state index contributed by atoms with van der Waals surface area (Å²) in [5.74, 6) is 0.839. The van der Waals surface area contributed by atoms with Crippen LogP contribution in [0.25, 0.3) is 11.3 Å². The van der Waals surface area contributed by atoms with Crippen LogP contribution in [-0.4, -0.2) is 34.0 Å². The lowest BCUT2D eigenvalue weighted by Gasteiger charge is -2.33. The number of fused-ring (bicyclic) bond motifs is 1. The molecule has 0 bridgehead atoms. The molecule has 1 unspecified atom stereocenters. The number of carboxylic acids is 1. The number of thiazole rings is 1. The summed E-state index contributed by atoms with van der Waals surface area (Å²) in [7, 11) is 2.14. The highest BCUT2D eigenvalue weighted by Crippen LogP contribution is 2.35. The normalized spacial score (nSPS) is 20.9. The molecule has 2 heterocycles. The van der Waals surface area contributed by atoms with Gasteiger partial charge in [-0.1, -0.05) is 80.4 Å². The third-order valence-electron chi connectivity index (χ3n) is 9.01. The molecule has 1 fully saturated rings. The fourth-order valence-corrected chi connectivity index (χ4v) is 7.25. The van der Waals surface area contributed by atoms with E-state index in [0.29, 0.717) is 19.5 Å². The van der Waals surface area contributed by atoms with Crippen molar-refractivity contribution in [1.29, 1.82) is 0 Å². The number of hydrogen-bond donors (Lipinski definition) is 1. The van der Waals surface area contributed by atoms with Gasteiger partial charge in [0.15, 0.2) is 0 Å². The van der Waals surface area contributed by atoms with Crippen LogP contribution < -0.4 is 4.90 Å². The summed E-state index contributed by atoms with van der Waals surface area (Å²) in [6.07, 6.45) is 5.88. The summed E-state index contributed by atoms with van der Waals surface area (Å²) in [4.78, 5) is 21.2. The van der Waals surface area contributed by atoms with Crippen LogP contribution >= 0.6 is 11.3 Å². The van der Waals surface area contributed by atoms with E-state index in [-0.39, 0.29) is 0 Å². The maximum atomic E-state index is 12.0. The Morgan fingerprint density at radius 1 is 0.976 bits per heavy atom. The molecule has 0 saturated heterocycles. The second-order valence-electron chi connectivity index (χ2n) is 12.0. The lowest BCUT2D eigenvalue weighted by molar-refractivity contribution is -0.144. The van der Waals surface area contributed by atoms with Gasteiger partial charge in [-0.25, -0.2) is 4.98 Å². The first-order valence-corrected chi connectivity index (χ1v) is 15.7. The van der Waals surface area contributed by atoms with Crippen molar-refractivity contribution in [3.8, 4) is 11.3 Å². The third-order valence-corrected chi connectivity index (χ3v) is 9.85. The van der Waals surface area contributed by atoms with E-state index in [1.54, 1.807) is 11.3 Å². The van der Waals surface area contributed by atoms with Crippen LogP contribution in [-0.2, 0) is 30.8 Å². The van der Waals surface area contributed by atoms with Gasteiger partial charge in [0.05, 0.1) is 12.2 Å². The van der Waals surface area contributed by atoms with Gasteiger partial charge in [-0.05, 0) is 65.5 Å². The number of aromatic nitrogens is 1. The van der Waals surface area contributed by atoms with Gasteiger partial charge in [-0.3, -0.25) is 9.69 Å². The maximum Gasteiger partial charge on any atom is 0.321 e. The zero-order valence-electron chi connectivity index (χ0n) is 24.0. The number of anilines is 1. The third kappa shape index (κ3) is 6.39. The molecule has 1 aliphatic carbocycles. The van der Waals surface area contributed by atoms with Crippen molar-refractivity contribution >= 4 is 23.0 Å². The minimum Gasteiger partial charge on any atom is -0.480 e. The van der Waals surface area contributed by atoms with Crippen LogP contribution in [0.3, 0.4) is 0 Å². The molecule has 0 radical (unpaired) electrons. The van der Waals surface area contributed by atoms with E-state index in [1.165, 1.54) is 48.1 Å². The fourth-order valence-electron chi connectivity index (χ4n) is 6.42. The molecular weight excluding hydrogens is 526 g/mol. The second-order valence-corrected chi connectivity index (χ2v) is 12.9. The molecule has 41 heavy (non-hydrogen) atoms. The Bertz CT molecular complexity index is 1470. The quantitative estimate of drug-likeness (QED) is 0.237. The Balaban J connectivity index is 1.07. The molecule has 6 heteroatoms.